The van der Waals surface area contributed by atoms with Crippen LogP contribution in [-0.4, -0.2) is 27.4 Å². The van der Waals surface area contributed by atoms with E-state index in [1.54, 1.807) is 0 Å². The van der Waals surface area contributed by atoms with Gasteiger partial charge >= 0.3 is 0 Å². The van der Waals surface area contributed by atoms with Gasteiger partial charge in [0.1, 0.15) is 6.10 Å². The van der Waals surface area contributed by atoms with Gasteiger partial charge in [0.25, 0.3) is 0 Å². The first-order chi connectivity index (χ1) is 11.3. The summed E-state index contributed by atoms with van der Waals surface area (Å²) in [4.78, 5) is 0. The molecule has 0 radical (unpaired) electrons. The van der Waals surface area contributed by atoms with Crippen LogP contribution < -0.4 is 0 Å². The minimum absolute atomic E-state index is 0.100. The number of hydrogen-bond acceptors (Lipinski definition) is 3. The van der Waals surface area contributed by atoms with Crippen LogP contribution in [0.25, 0.3) is 0 Å². The lowest BCUT2D eigenvalue weighted by Gasteiger charge is -2.38. The van der Waals surface area contributed by atoms with Crippen LogP contribution in [0.3, 0.4) is 0 Å². The summed E-state index contributed by atoms with van der Waals surface area (Å²) in [6, 6.07) is 8.05. The van der Waals surface area contributed by atoms with Crippen molar-refractivity contribution in [2.75, 3.05) is 19.1 Å². The lowest BCUT2D eigenvalue weighted by molar-refractivity contribution is -0.0454. The van der Waals surface area contributed by atoms with Crippen LogP contribution in [0, 0.1) is 11.8 Å². The van der Waals surface area contributed by atoms with Gasteiger partial charge in [0.2, 0.25) is 0 Å². The molecule has 3 nitrogen and oxygen atoms in total. The molecule has 1 fully saturated rings. The van der Waals surface area contributed by atoms with E-state index in [-0.39, 0.29) is 23.3 Å². The molecule has 5 heteroatoms. The van der Waals surface area contributed by atoms with Crippen molar-refractivity contribution in [3.05, 3.63) is 35.4 Å². The van der Waals surface area contributed by atoms with Crippen molar-refractivity contribution in [1.29, 1.82) is 0 Å². The minimum Gasteiger partial charge on any atom is -0.399 e. The normalized spacial score (nSPS) is 17.4. The number of rotatable bonds is 4. The third kappa shape index (κ3) is 4.62. The highest BCUT2D eigenvalue weighted by molar-refractivity contribution is 6.74. The average Bonchev–Trinajstić information content (AvgIpc) is 3.04. The summed E-state index contributed by atoms with van der Waals surface area (Å²) in [6.07, 6.45) is -0.668. The molecule has 1 atom stereocenters. The number of halogens is 1. The Hall–Kier alpha value is -0.833. The number of alkyl halides is 1. The van der Waals surface area contributed by atoms with E-state index in [2.05, 4.69) is 45.7 Å². The van der Waals surface area contributed by atoms with Gasteiger partial charge in [-0.1, -0.05) is 56.9 Å². The smallest absolute Gasteiger partial charge is 0.194 e. The molecular formula is C19H27ClO3Si. The molecule has 0 aromatic heterocycles. The molecule has 132 valence electrons. The number of hydrogen-bond donors (Lipinski definition) is 0. The van der Waals surface area contributed by atoms with Crippen molar-refractivity contribution in [2.45, 2.75) is 51.3 Å². The third-order valence-corrected chi connectivity index (χ3v) is 9.24. The molecule has 1 aromatic carbocycles. The van der Waals surface area contributed by atoms with Gasteiger partial charge in [-0.05, 0) is 18.1 Å². The molecule has 0 amide bonds. The Morgan fingerprint density at radius 1 is 1.25 bits per heavy atom. The van der Waals surface area contributed by atoms with E-state index >= 15 is 0 Å². The highest BCUT2D eigenvalue weighted by Crippen LogP contribution is 2.41. The van der Waals surface area contributed by atoms with Crippen molar-refractivity contribution >= 4 is 19.9 Å². The summed E-state index contributed by atoms with van der Waals surface area (Å²) in [5.74, 6) is 6.45. The number of benzene rings is 1. The van der Waals surface area contributed by atoms with E-state index in [0.29, 0.717) is 13.2 Å². The van der Waals surface area contributed by atoms with Crippen LogP contribution in [0.5, 0.6) is 0 Å². The molecule has 1 aliphatic rings. The third-order valence-electron chi connectivity index (χ3n) is 4.67. The van der Waals surface area contributed by atoms with Gasteiger partial charge in [-0.25, -0.2) is 0 Å². The summed E-state index contributed by atoms with van der Waals surface area (Å²) in [5, 5.41) is 0.100. The van der Waals surface area contributed by atoms with Crippen molar-refractivity contribution in [3.63, 3.8) is 0 Å². The zero-order valence-corrected chi connectivity index (χ0v) is 16.9. The summed E-state index contributed by atoms with van der Waals surface area (Å²) in [7, 11) is -1.99. The summed E-state index contributed by atoms with van der Waals surface area (Å²) in [6.45, 7) is 12.3. The zero-order valence-electron chi connectivity index (χ0n) is 15.2. The second-order valence-electron chi connectivity index (χ2n) is 7.42. The maximum Gasteiger partial charge on any atom is 0.194 e. The molecule has 1 unspecified atom stereocenters. The van der Waals surface area contributed by atoms with Gasteiger partial charge in [0.15, 0.2) is 14.6 Å². The molecule has 0 aliphatic carbocycles. The molecule has 1 saturated heterocycles. The Bertz CT molecular complexity index is 607. The fourth-order valence-corrected chi connectivity index (χ4v) is 3.48. The highest BCUT2D eigenvalue weighted by Gasteiger charge is 2.40. The van der Waals surface area contributed by atoms with Crippen molar-refractivity contribution < 1.29 is 13.9 Å². The zero-order chi connectivity index (χ0) is 17.8. The Morgan fingerprint density at radius 2 is 1.88 bits per heavy atom. The predicted molar refractivity (Wildman–Crippen MR) is 101 cm³/mol. The quantitative estimate of drug-likeness (QED) is 0.424. The fraction of sp³-hybridized carbons (Fsp3) is 0.579. The van der Waals surface area contributed by atoms with E-state index in [1.165, 1.54) is 0 Å². The maximum absolute atomic E-state index is 6.59. The summed E-state index contributed by atoms with van der Waals surface area (Å²) >= 11 is 5.79. The maximum atomic E-state index is 6.59. The van der Waals surface area contributed by atoms with E-state index in [0.717, 1.165) is 11.1 Å². The topological polar surface area (TPSA) is 27.7 Å². The Morgan fingerprint density at radius 3 is 2.46 bits per heavy atom. The van der Waals surface area contributed by atoms with Gasteiger partial charge in [0, 0.05) is 11.1 Å². The van der Waals surface area contributed by atoms with Gasteiger partial charge in [-0.15, -0.1) is 11.6 Å². The van der Waals surface area contributed by atoms with Crippen LogP contribution in [0.2, 0.25) is 18.1 Å². The Kier molecular flexibility index (Phi) is 6.52. The van der Waals surface area contributed by atoms with Gasteiger partial charge in [0.05, 0.1) is 19.1 Å². The molecule has 0 spiro atoms. The first kappa shape index (κ1) is 19.5. The molecule has 24 heavy (non-hydrogen) atoms. The van der Waals surface area contributed by atoms with Crippen LogP contribution in [0.1, 0.15) is 44.3 Å². The van der Waals surface area contributed by atoms with Crippen LogP contribution in [0.4, 0.5) is 0 Å². The van der Waals surface area contributed by atoms with Crippen molar-refractivity contribution in [1.82, 2.24) is 0 Å². The van der Waals surface area contributed by atoms with E-state index < -0.39 is 8.32 Å². The SMILES string of the molecule is CC(C)(C)[Si](C)(C)OC(C#CCCl)c1ccccc1C1OCCO1. The molecule has 1 heterocycles. The van der Waals surface area contributed by atoms with Crippen LogP contribution >= 0.6 is 11.6 Å². The van der Waals surface area contributed by atoms with Gasteiger partial charge in [-0.3, -0.25) is 0 Å². The molecule has 2 rings (SSSR count). The predicted octanol–water partition coefficient (Wildman–Crippen LogP) is 5.04. The molecule has 1 aliphatic heterocycles. The number of ether oxygens (including phenoxy) is 2. The second-order valence-corrected chi connectivity index (χ2v) is 12.4. The standard InChI is InChI=1S/C19H27ClO3Si/c1-19(2,3)24(4,5)23-17(11-8-12-20)15-9-6-7-10-16(15)18-21-13-14-22-18/h6-7,9-10,17-18H,12-14H2,1-5H3. The summed E-state index contributed by atoms with van der Waals surface area (Å²) in [5.41, 5.74) is 1.99. The first-order valence-corrected chi connectivity index (χ1v) is 11.7. The van der Waals surface area contributed by atoms with E-state index in [1.807, 2.05) is 24.3 Å². The van der Waals surface area contributed by atoms with Crippen LogP contribution in [-0.2, 0) is 13.9 Å². The Labute approximate surface area is 151 Å². The molecular weight excluding hydrogens is 340 g/mol. The minimum atomic E-state index is -1.99. The molecule has 0 N–H and O–H groups in total. The molecule has 0 saturated carbocycles. The lowest BCUT2D eigenvalue weighted by atomic mass is 10.0. The fourth-order valence-electron chi connectivity index (χ4n) is 2.28. The lowest BCUT2D eigenvalue weighted by Crippen LogP contribution is -2.41. The molecule has 0 bridgehead atoms. The highest BCUT2D eigenvalue weighted by atomic mass is 35.5. The van der Waals surface area contributed by atoms with Gasteiger partial charge < -0.3 is 13.9 Å². The monoisotopic (exact) mass is 366 g/mol. The Balaban J connectivity index is 2.38. The average molecular weight is 367 g/mol. The summed E-state index contributed by atoms with van der Waals surface area (Å²) < 4.78 is 18.0. The first-order valence-electron chi connectivity index (χ1n) is 8.30. The molecule has 1 aromatic rings. The van der Waals surface area contributed by atoms with Crippen molar-refractivity contribution in [2.24, 2.45) is 0 Å². The van der Waals surface area contributed by atoms with Crippen LogP contribution in [0.15, 0.2) is 24.3 Å². The largest absolute Gasteiger partial charge is 0.399 e. The van der Waals surface area contributed by atoms with E-state index in [4.69, 9.17) is 25.5 Å². The second kappa shape index (κ2) is 8.03. The van der Waals surface area contributed by atoms with Crippen molar-refractivity contribution in [3.8, 4) is 11.8 Å². The van der Waals surface area contributed by atoms with E-state index in [9.17, 15) is 0 Å². The van der Waals surface area contributed by atoms with Gasteiger partial charge in [-0.2, -0.15) is 0 Å².